The lowest BCUT2D eigenvalue weighted by Gasteiger charge is -1.99. The molecule has 0 amide bonds. The maximum atomic E-state index is 5.42. The van der Waals surface area contributed by atoms with E-state index in [1.807, 2.05) is 14.1 Å². The van der Waals surface area contributed by atoms with Crippen molar-refractivity contribution in [3.63, 3.8) is 0 Å². The molecule has 0 aromatic carbocycles. The summed E-state index contributed by atoms with van der Waals surface area (Å²) < 4.78 is 0. The molecular formula is C6H14B10N. The minimum Gasteiger partial charge on any atom is -0.330 e. The van der Waals surface area contributed by atoms with Gasteiger partial charge in [0.1, 0.15) is 0 Å². The van der Waals surface area contributed by atoms with Gasteiger partial charge in [-0.3, -0.25) is 0 Å². The van der Waals surface area contributed by atoms with Crippen molar-refractivity contribution in [2.24, 2.45) is 5.73 Å². The van der Waals surface area contributed by atoms with Gasteiger partial charge in [0.2, 0.25) is 0 Å². The molecule has 0 aromatic heterocycles. The summed E-state index contributed by atoms with van der Waals surface area (Å²) in [6.45, 7) is 0.811. The Bertz CT molecular complexity index is 124. The number of unbranched alkanes of at least 4 members (excludes halogenated alkanes) is 2. The van der Waals surface area contributed by atoms with Crippen LogP contribution in [-0.4, -0.2) is 78.2 Å². The van der Waals surface area contributed by atoms with E-state index in [-0.39, 0.29) is 0 Å². The van der Waals surface area contributed by atoms with Gasteiger partial charge in [-0.25, -0.2) is 0 Å². The summed E-state index contributed by atoms with van der Waals surface area (Å²) in [5.41, 5.74) is 5.42. The molecule has 0 spiro atoms. The maximum absolute atomic E-state index is 5.42. The summed E-state index contributed by atoms with van der Waals surface area (Å²) in [5, 5.41) is 0. The van der Waals surface area contributed by atoms with Gasteiger partial charge < -0.3 is 5.73 Å². The molecular weight excluding hydrogens is 194 g/mol. The molecule has 0 aromatic rings. The third-order valence-electron chi connectivity index (χ3n) is 2.20. The Labute approximate surface area is 116 Å². The van der Waals surface area contributed by atoms with Crippen LogP contribution in [0.2, 0.25) is 12.5 Å². The first-order valence-corrected chi connectivity index (χ1v) is 6.30. The largest absolute Gasteiger partial charge is 0.330 e. The second-order valence-electron chi connectivity index (χ2n) is 3.74. The first-order valence-electron chi connectivity index (χ1n) is 6.30. The minimum absolute atomic E-state index is 0.811. The van der Waals surface area contributed by atoms with E-state index in [4.69, 9.17) is 13.5 Å². The highest BCUT2D eigenvalue weighted by atomic mass is 14.5. The van der Waals surface area contributed by atoms with Gasteiger partial charge in [0, 0.05) is 64.4 Å². The quantitative estimate of drug-likeness (QED) is 0.253. The number of hydrogen-bond acceptors (Lipinski definition) is 1. The fourth-order valence-corrected chi connectivity index (χ4v) is 1.28. The molecule has 0 aliphatic rings. The molecule has 0 bridgehead atoms. The second kappa shape index (κ2) is 16.6. The molecule has 0 atom stereocenters. The van der Waals surface area contributed by atoms with Crippen LogP contribution in [0.1, 0.15) is 19.3 Å². The Morgan fingerprint density at radius 1 is 0.765 bits per heavy atom. The Morgan fingerprint density at radius 2 is 1.47 bits per heavy atom. The molecule has 0 heterocycles. The van der Waals surface area contributed by atoms with E-state index in [9.17, 15) is 0 Å². The summed E-state index contributed by atoms with van der Waals surface area (Å²) in [6.07, 6.45) is 5.69. The standard InChI is InChI=1S/C6H14B10N/c7-11-15-13-9-6-10-14-16-12-8-4-2-1-3-5-17/h1-6,17H2. The lowest BCUT2D eigenvalue weighted by molar-refractivity contribution is 0.726. The zero-order valence-corrected chi connectivity index (χ0v) is 10.6. The van der Waals surface area contributed by atoms with Crippen LogP contribution in [0.3, 0.4) is 0 Å². The van der Waals surface area contributed by atoms with Crippen molar-refractivity contribution < 1.29 is 0 Å². The molecule has 2 N–H and O–H groups in total. The molecule has 0 fully saturated rings. The third kappa shape index (κ3) is 16.6. The molecule has 11 radical (unpaired) electrons. The maximum Gasteiger partial charge on any atom is 0.0544 e. The van der Waals surface area contributed by atoms with E-state index in [1.165, 1.54) is 19.9 Å². The van der Waals surface area contributed by atoms with E-state index in [2.05, 4.69) is 42.7 Å². The summed E-state index contributed by atoms with van der Waals surface area (Å²) in [6, 6.07) is 0. The normalized spacial score (nSPS) is 8.76. The lowest BCUT2D eigenvalue weighted by Crippen LogP contribution is -2.26. The molecule has 0 saturated carbocycles. The molecule has 0 aliphatic heterocycles. The summed E-state index contributed by atoms with van der Waals surface area (Å²) in [7, 11) is 23.1. The molecule has 1 nitrogen and oxygen atoms in total. The molecule has 11 heteroatoms. The molecule has 17 heavy (non-hydrogen) atoms. The van der Waals surface area contributed by atoms with Gasteiger partial charge in [0.15, 0.2) is 0 Å². The second-order valence-corrected chi connectivity index (χ2v) is 3.74. The van der Waals surface area contributed by atoms with E-state index in [0.717, 1.165) is 25.5 Å². The van der Waals surface area contributed by atoms with E-state index < -0.39 is 0 Å². The fourth-order valence-electron chi connectivity index (χ4n) is 1.28. The Kier molecular flexibility index (Phi) is 17.2. The first kappa shape index (κ1) is 17.6. The SMILES string of the molecule is [B][B][B][B][B]C[B][B][B][B][B]CCCCCN. The van der Waals surface area contributed by atoms with E-state index >= 15 is 0 Å². The predicted octanol–water partition coefficient (Wildman–Crippen LogP) is -2.26. The van der Waals surface area contributed by atoms with Gasteiger partial charge >= 0.3 is 0 Å². The van der Waals surface area contributed by atoms with Crippen LogP contribution >= 0.6 is 0 Å². The van der Waals surface area contributed by atoms with Crippen molar-refractivity contribution in [1.82, 2.24) is 0 Å². The lowest BCUT2D eigenvalue weighted by atomic mass is 8.97. The third-order valence-corrected chi connectivity index (χ3v) is 2.20. The molecule has 0 saturated heterocycles. The van der Waals surface area contributed by atoms with Crippen LogP contribution in [0.4, 0.5) is 0 Å². The molecule has 0 aliphatic carbocycles. The number of nitrogens with two attached hydrogens (primary N) is 1. The highest BCUT2D eigenvalue weighted by Crippen LogP contribution is 1.97. The number of rotatable bonds is 14. The fraction of sp³-hybridized carbons (Fsp3) is 1.00. The van der Waals surface area contributed by atoms with Gasteiger partial charge in [0.05, 0.1) is 7.17 Å². The van der Waals surface area contributed by atoms with Crippen LogP contribution in [-0.2, 0) is 0 Å². The van der Waals surface area contributed by atoms with Gasteiger partial charge in [0.25, 0.3) is 0 Å². The van der Waals surface area contributed by atoms with E-state index in [1.54, 1.807) is 0 Å². The van der Waals surface area contributed by atoms with Gasteiger partial charge in [-0.2, -0.15) is 0 Å². The highest BCUT2D eigenvalue weighted by molar-refractivity contribution is 7.55. The number of hydrogen-bond donors (Lipinski definition) is 1. The first-order chi connectivity index (χ1) is 8.41. The van der Waals surface area contributed by atoms with Crippen molar-refractivity contribution in [2.45, 2.75) is 31.8 Å². The summed E-state index contributed by atoms with van der Waals surface area (Å²) >= 11 is 0. The Hall–Kier alpha value is 0.609. The molecule has 0 rings (SSSR count). The Balaban J connectivity index is 2.85. The van der Waals surface area contributed by atoms with Crippen molar-refractivity contribution in [1.29, 1.82) is 0 Å². The zero-order valence-electron chi connectivity index (χ0n) is 10.6. The average molecular weight is 208 g/mol. The smallest absolute Gasteiger partial charge is 0.0544 e. The van der Waals surface area contributed by atoms with Crippen molar-refractivity contribution >= 4 is 71.6 Å². The Morgan fingerprint density at radius 3 is 2.18 bits per heavy atom. The molecule has 0 unspecified atom stereocenters. The van der Waals surface area contributed by atoms with E-state index in [0.29, 0.717) is 0 Å². The van der Waals surface area contributed by atoms with Crippen LogP contribution in [0.5, 0.6) is 0 Å². The van der Waals surface area contributed by atoms with Crippen LogP contribution in [0.25, 0.3) is 0 Å². The van der Waals surface area contributed by atoms with Gasteiger partial charge in [-0.1, -0.05) is 19.2 Å². The van der Waals surface area contributed by atoms with Crippen LogP contribution in [0, 0.1) is 0 Å². The van der Waals surface area contributed by atoms with Gasteiger partial charge in [-0.15, -0.1) is 6.22 Å². The predicted molar refractivity (Wildman–Crippen MR) is 90.1 cm³/mol. The monoisotopic (exact) mass is 210 g/mol. The minimum atomic E-state index is 0.811. The summed E-state index contributed by atoms with van der Waals surface area (Å²) in [4.78, 5) is 0. The van der Waals surface area contributed by atoms with Gasteiger partial charge in [-0.05, 0) is 13.0 Å². The van der Waals surface area contributed by atoms with Crippen LogP contribution < -0.4 is 5.73 Å². The topological polar surface area (TPSA) is 26.0 Å². The average Bonchev–Trinajstić information content (AvgIpc) is 2.35. The van der Waals surface area contributed by atoms with Crippen molar-refractivity contribution in [2.75, 3.05) is 6.54 Å². The zero-order chi connectivity index (χ0) is 12.6. The summed E-state index contributed by atoms with van der Waals surface area (Å²) in [5.74, 6) is 0. The van der Waals surface area contributed by atoms with Crippen molar-refractivity contribution in [3.05, 3.63) is 0 Å². The highest BCUT2D eigenvalue weighted by Gasteiger charge is 1.97. The van der Waals surface area contributed by atoms with Crippen LogP contribution in [0.15, 0.2) is 0 Å². The molecule has 73 valence electrons. The van der Waals surface area contributed by atoms with Crippen molar-refractivity contribution in [3.8, 4) is 0 Å².